The Kier molecular flexibility index (Phi) is 5.01. The number of aryl methyl sites for hydroxylation is 1. The SMILES string of the molecule is COC(=O)c1nn(Cc2ccc(Cl)cc2C)c2cc(OC(F)(F)F)ccc12. The van der Waals surface area contributed by atoms with E-state index < -0.39 is 18.1 Å². The van der Waals surface area contributed by atoms with Crippen molar-refractivity contribution in [2.75, 3.05) is 7.11 Å². The van der Waals surface area contributed by atoms with Gasteiger partial charge in [-0.3, -0.25) is 4.68 Å². The predicted octanol–water partition coefficient (Wildman–Crippen LogP) is 4.73. The fourth-order valence-corrected chi connectivity index (χ4v) is 2.94. The molecule has 0 unspecified atom stereocenters. The minimum absolute atomic E-state index is 0.0117. The Morgan fingerprint density at radius 3 is 2.59 bits per heavy atom. The number of halogens is 4. The van der Waals surface area contributed by atoms with E-state index in [1.807, 2.05) is 6.92 Å². The topological polar surface area (TPSA) is 53.3 Å². The van der Waals surface area contributed by atoms with Gasteiger partial charge in [-0.25, -0.2) is 4.79 Å². The first-order valence-electron chi connectivity index (χ1n) is 7.77. The second-order valence-electron chi connectivity index (χ2n) is 5.80. The second-order valence-corrected chi connectivity index (χ2v) is 6.23. The number of hydrogen-bond acceptors (Lipinski definition) is 4. The molecule has 0 bridgehead atoms. The van der Waals surface area contributed by atoms with Crippen molar-refractivity contribution in [3.63, 3.8) is 0 Å². The zero-order valence-electron chi connectivity index (χ0n) is 14.3. The Bertz CT molecular complexity index is 1010. The molecule has 0 fully saturated rings. The van der Waals surface area contributed by atoms with E-state index in [-0.39, 0.29) is 12.2 Å². The van der Waals surface area contributed by atoms with Gasteiger partial charge in [-0.15, -0.1) is 13.2 Å². The number of nitrogens with zero attached hydrogens (tertiary/aromatic N) is 2. The van der Waals surface area contributed by atoms with Gasteiger partial charge in [0.2, 0.25) is 0 Å². The summed E-state index contributed by atoms with van der Waals surface area (Å²) in [6.07, 6.45) is -4.82. The molecule has 27 heavy (non-hydrogen) atoms. The van der Waals surface area contributed by atoms with Gasteiger partial charge in [-0.1, -0.05) is 17.7 Å². The van der Waals surface area contributed by atoms with Gasteiger partial charge in [0.1, 0.15) is 5.75 Å². The van der Waals surface area contributed by atoms with Crippen molar-refractivity contribution in [1.82, 2.24) is 9.78 Å². The van der Waals surface area contributed by atoms with Gasteiger partial charge in [0.05, 0.1) is 19.2 Å². The third-order valence-corrected chi connectivity index (χ3v) is 4.20. The summed E-state index contributed by atoms with van der Waals surface area (Å²) in [6.45, 7) is 2.08. The van der Waals surface area contributed by atoms with Crippen molar-refractivity contribution in [2.24, 2.45) is 0 Å². The quantitative estimate of drug-likeness (QED) is 0.596. The largest absolute Gasteiger partial charge is 0.573 e. The molecule has 3 aromatic rings. The molecule has 0 N–H and O–H groups in total. The highest BCUT2D eigenvalue weighted by Gasteiger charge is 2.31. The maximum Gasteiger partial charge on any atom is 0.573 e. The first kappa shape index (κ1) is 19.0. The number of fused-ring (bicyclic) bond motifs is 1. The summed E-state index contributed by atoms with van der Waals surface area (Å²) in [5.41, 5.74) is 2.06. The summed E-state index contributed by atoms with van der Waals surface area (Å²) < 4.78 is 47.7. The number of rotatable bonds is 4. The van der Waals surface area contributed by atoms with Crippen LogP contribution >= 0.6 is 11.6 Å². The van der Waals surface area contributed by atoms with Gasteiger partial charge in [-0.2, -0.15) is 5.10 Å². The van der Waals surface area contributed by atoms with Crippen LogP contribution in [0, 0.1) is 6.92 Å². The van der Waals surface area contributed by atoms with E-state index in [1.54, 1.807) is 18.2 Å². The summed E-state index contributed by atoms with van der Waals surface area (Å²) in [5, 5.41) is 5.16. The van der Waals surface area contributed by atoms with Crippen LogP contribution in [0.5, 0.6) is 5.75 Å². The molecule has 0 aliphatic carbocycles. The van der Waals surface area contributed by atoms with Gasteiger partial charge >= 0.3 is 12.3 Å². The van der Waals surface area contributed by atoms with Crippen molar-refractivity contribution in [2.45, 2.75) is 19.8 Å². The fourth-order valence-electron chi connectivity index (χ4n) is 2.72. The van der Waals surface area contributed by atoms with E-state index in [2.05, 4.69) is 9.84 Å². The summed E-state index contributed by atoms with van der Waals surface area (Å²) in [7, 11) is 1.21. The minimum atomic E-state index is -4.82. The molecule has 142 valence electrons. The van der Waals surface area contributed by atoms with Crippen molar-refractivity contribution in [3.8, 4) is 5.75 Å². The highest BCUT2D eigenvalue weighted by molar-refractivity contribution is 6.30. The number of carbonyl (C=O) groups is 1. The first-order valence-corrected chi connectivity index (χ1v) is 8.15. The Labute approximate surface area is 157 Å². The lowest BCUT2D eigenvalue weighted by molar-refractivity contribution is -0.274. The molecule has 0 aliphatic rings. The van der Waals surface area contributed by atoms with E-state index >= 15 is 0 Å². The zero-order chi connectivity index (χ0) is 19.8. The number of carbonyl (C=O) groups excluding carboxylic acids is 1. The number of alkyl halides is 3. The van der Waals surface area contributed by atoms with E-state index in [1.165, 1.54) is 23.9 Å². The summed E-state index contributed by atoms with van der Waals surface area (Å²) in [4.78, 5) is 12.0. The molecule has 1 heterocycles. The van der Waals surface area contributed by atoms with Crippen LogP contribution in [0.2, 0.25) is 5.02 Å². The van der Waals surface area contributed by atoms with Gasteiger partial charge in [0, 0.05) is 16.5 Å². The third kappa shape index (κ3) is 4.16. The zero-order valence-corrected chi connectivity index (χ0v) is 15.1. The number of aromatic nitrogens is 2. The molecule has 0 saturated heterocycles. The van der Waals surface area contributed by atoms with E-state index in [9.17, 15) is 18.0 Å². The molecule has 0 atom stereocenters. The molecule has 0 saturated carbocycles. The molecule has 1 aromatic heterocycles. The minimum Gasteiger partial charge on any atom is -0.464 e. The summed E-state index contributed by atoms with van der Waals surface area (Å²) in [5.74, 6) is -1.09. The van der Waals surface area contributed by atoms with E-state index in [4.69, 9.17) is 16.3 Å². The van der Waals surface area contributed by atoms with Crippen molar-refractivity contribution in [3.05, 3.63) is 58.2 Å². The Morgan fingerprint density at radius 2 is 1.96 bits per heavy atom. The van der Waals surface area contributed by atoms with Crippen LogP contribution in [0.3, 0.4) is 0 Å². The predicted molar refractivity (Wildman–Crippen MR) is 93.0 cm³/mol. The molecule has 0 radical (unpaired) electrons. The lowest BCUT2D eigenvalue weighted by Gasteiger charge is -2.10. The maximum absolute atomic E-state index is 12.5. The van der Waals surface area contributed by atoms with Gasteiger partial charge in [0.15, 0.2) is 5.69 Å². The smallest absolute Gasteiger partial charge is 0.464 e. The van der Waals surface area contributed by atoms with Crippen LogP contribution in [-0.2, 0) is 11.3 Å². The summed E-state index contributed by atoms with van der Waals surface area (Å²) >= 11 is 5.96. The number of methoxy groups -OCH3 is 1. The molecule has 3 rings (SSSR count). The van der Waals surface area contributed by atoms with Crippen LogP contribution in [0.25, 0.3) is 10.9 Å². The lowest BCUT2D eigenvalue weighted by Crippen LogP contribution is -2.17. The van der Waals surface area contributed by atoms with Crippen molar-refractivity contribution < 1.29 is 27.4 Å². The maximum atomic E-state index is 12.5. The average Bonchev–Trinajstić information content (AvgIpc) is 2.93. The molecule has 0 spiro atoms. The van der Waals surface area contributed by atoms with Gasteiger partial charge in [-0.05, 0) is 42.3 Å². The lowest BCUT2D eigenvalue weighted by atomic mass is 10.1. The normalized spacial score (nSPS) is 11.6. The molecule has 0 aliphatic heterocycles. The number of benzene rings is 2. The number of ether oxygens (including phenoxy) is 2. The number of hydrogen-bond donors (Lipinski definition) is 0. The highest BCUT2D eigenvalue weighted by atomic mass is 35.5. The standard InChI is InChI=1S/C18H14ClF3N2O3/c1-10-7-12(19)4-3-11(10)9-24-15-8-13(27-18(20,21)22)5-6-14(15)16(23-24)17(25)26-2/h3-8H,9H2,1-2H3. The van der Waals surface area contributed by atoms with Crippen LogP contribution in [-0.4, -0.2) is 29.2 Å². The Hall–Kier alpha value is -2.74. The molecule has 2 aromatic carbocycles. The highest BCUT2D eigenvalue weighted by Crippen LogP contribution is 2.29. The monoisotopic (exact) mass is 398 g/mol. The molecule has 5 nitrogen and oxygen atoms in total. The average molecular weight is 399 g/mol. The van der Waals surface area contributed by atoms with Crippen LogP contribution < -0.4 is 4.74 Å². The van der Waals surface area contributed by atoms with E-state index in [0.717, 1.165) is 17.2 Å². The van der Waals surface area contributed by atoms with E-state index in [0.29, 0.717) is 15.9 Å². The van der Waals surface area contributed by atoms with Gasteiger partial charge in [0.25, 0.3) is 0 Å². The Morgan fingerprint density at radius 1 is 1.22 bits per heavy atom. The first-order chi connectivity index (χ1) is 12.7. The van der Waals surface area contributed by atoms with Crippen LogP contribution in [0.4, 0.5) is 13.2 Å². The second kappa shape index (κ2) is 7.11. The summed E-state index contributed by atoms with van der Waals surface area (Å²) in [6, 6.07) is 8.92. The molecule has 0 amide bonds. The fraction of sp³-hybridized carbons (Fsp3) is 0.222. The molecular formula is C18H14ClF3N2O3. The van der Waals surface area contributed by atoms with Gasteiger partial charge < -0.3 is 9.47 Å². The Balaban J connectivity index is 2.11. The molecule has 9 heteroatoms. The molecular weight excluding hydrogens is 385 g/mol. The van der Waals surface area contributed by atoms with Crippen molar-refractivity contribution in [1.29, 1.82) is 0 Å². The number of esters is 1. The van der Waals surface area contributed by atoms with Crippen LogP contribution in [0.15, 0.2) is 36.4 Å². The third-order valence-electron chi connectivity index (χ3n) is 3.96. The van der Waals surface area contributed by atoms with Crippen LogP contribution in [0.1, 0.15) is 21.6 Å². The van der Waals surface area contributed by atoms with Crippen molar-refractivity contribution >= 4 is 28.5 Å².